The fourth-order valence-electron chi connectivity index (χ4n) is 1.57. The molecule has 1 aromatic heterocycles. The van der Waals surface area contributed by atoms with Crippen LogP contribution in [-0.4, -0.2) is 4.98 Å². The molecule has 1 N–H and O–H groups in total. The Kier molecular flexibility index (Phi) is 1.61. The minimum Gasteiger partial charge on any atom is -0.329 e. The van der Waals surface area contributed by atoms with Gasteiger partial charge in [0.25, 0.3) is 5.56 Å². The van der Waals surface area contributed by atoms with Crippen molar-refractivity contribution in [2.45, 2.75) is 13.3 Å². The van der Waals surface area contributed by atoms with Gasteiger partial charge in [0.2, 0.25) is 0 Å². The van der Waals surface area contributed by atoms with Gasteiger partial charge in [-0.1, -0.05) is 19.1 Å². The Hall–Kier alpha value is -1.31. The second kappa shape index (κ2) is 2.63. The molecular weight excluding hydrogens is 150 g/mol. The van der Waals surface area contributed by atoms with Gasteiger partial charge < -0.3 is 4.98 Å². The Bertz CT molecular complexity index is 376. The predicted octanol–water partition coefficient (Wildman–Crippen LogP) is 1.58. The molecule has 12 heavy (non-hydrogen) atoms. The van der Waals surface area contributed by atoms with Crippen LogP contribution in [0.1, 0.15) is 18.1 Å². The third-order valence-corrected chi connectivity index (χ3v) is 2.22. The normalized spacial score (nSPS) is 20.6. The van der Waals surface area contributed by atoms with Crippen LogP contribution in [0.25, 0.3) is 6.08 Å². The van der Waals surface area contributed by atoms with Gasteiger partial charge in [-0.2, -0.15) is 0 Å². The van der Waals surface area contributed by atoms with Crippen molar-refractivity contribution in [3.05, 3.63) is 39.8 Å². The fraction of sp³-hybridized carbons (Fsp3) is 0.300. The zero-order valence-corrected chi connectivity index (χ0v) is 7.00. The van der Waals surface area contributed by atoms with Gasteiger partial charge in [0, 0.05) is 11.8 Å². The van der Waals surface area contributed by atoms with Gasteiger partial charge in [0.15, 0.2) is 0 Å². The summed E-state index contributed by atoms with van der Waals surface area (Å²) in [5.74, 6) is 0.555. The second-order valence-electron chi connectivity index (χ2n) is 3.29. The van der Waals surface area contributed by atoms with Crippen LogP contribution in [0.4, 0.5) is 0 Å². The molecule has 2 rings (SSSR count). The largest absolute Gasteiger partial charge is 0.329 e. The molecule has 62 valence electrons. The lowest BCUT2D eigenvalue weighted by Crippen LogP contribution is -2.15. The molecule has 1 aliphatic carbocycles. The summed E-state index contributed by atoms with van der Waals surface area (Å²) in [5, 5.41) is 0. The maximum absolute atomic E-state index is 11.3. The number of H-pyrrole nitrogens is 1. The number of aromatic nitrogens is 1. The first kappa shape index (κ1) is 7.35. The van der Waals surface area contributed by atoms with E-state index in [0.717, 1.165) is 17.5 Å². The molecule has 0 amide bonds. The van der Waals surface area contributed by atoms with E-state index in [1.807, 2.05) is 12.1 Å². The van der Waals surface area contributed by atoms with Crippen LogP contribution in [0.15, 0.2) is 23.1 Å². The maximum Gasteiger partial charge on any atom is 0.255 e. The third kappa shape index (κ3) is 1.09. The Morgan fingerprint density at radius 2 is 2.42 bits per heavy atom. The van der Waals surface area contributed by atoms with Crippen LogP contribution >= 0.6 is 0 Å². The predicted molar refractivity (Wildman–Crippen MR) is 49.0 cm³/mol. The second-order valence-corrected chi connectivity index (χ2v) is 3.29. The number of allylic oxidation sites excluding steroid dienone is 1. The maximum atomic E-state index is 11.3. The monoisotopic (exact) mass is 161 g/mol. The summed E-state index contributed by atoms with van der Waals surface area (Å²) in [4.78, 5) is 13.9. The highest BCUT2D eigenvalue weighted by Crippen LogP contribution is 2.18. The smallest absolute Gasteiger partial charge is 0.255 e. The molecule has 0 saturated carbocycles. The van der Waals surface area contributed by atoms with E-state index in [2.05, 4.69) is 18.0 Å². The fourth-order valence-corrected chi connectivity index (χ4v) is 1.57. The number of hydrogen-bond donors (Lipinski definition) is 1. The highest BCUT2D eigenvalue weighted by Gasteiger charge is 2.11. The molecule has 1 unspecified atom stereocenters. The van der Waals surface area contributed by atoms with E-state index < -0.39 is 0 Å². The Morgan fingerprint density at radius 3 is 3.25 bits per heavy atom. The average molecular weight is 161 g/mol. The van der Waals surface area contributed by atoms with Gasteiger partial charge in [-0.25, -0.2) is 0 Å². The number of nitrogens with one attached hydrogen (secondary N) is 1. The van der Waals surface area contributed by atoms with E-state index in [4.69, 9.17) is 0 Å². The van der Waals surface area contributed by atoms with Crippen molar-refractivity contribution in [3.63, 3.8) is 0 Å². The van der Waals surface area contributed by atoms with E-state index in [0.29, 0.717) is 5.92 Å². The van der Waals surface area contributed by atoms with Gasteiger partial charge in [0.05, 0.1) is 0 Å². The Morgan fingerprint density at radius 1 is 1.58 bits per heavy atom. The molecule has 0 saturated heterocycles. The topological polar surface area (TPSA) is 32.9 Å². The third-order valence-electron chi connectivity index (χ3n) is 2.22. The van der Waals surface area contributed by atoms with Gasteiger partial charge in [-0.05, 0) is 24.0 Å². The molecule has 1 aromatic rings. The molecule has 0 spiro atoms. The molecule has 0 bridgehead atoms. The van der Waals surface area contributed by atoms with E-state index in [9.17, 15) is 4.79 Å². The quantitative estimate of drug-likeness (QED) is 0.615. The molecule has 1 aliphatic rings. The highest BCUT2D eigenvalue weighted by molar-refractivity contribution is 5.55. The number of hydrogen-bond acceptors (Lipinski definition) is 1. The number of fused-ring (bicyclic) bond motifs is 1. The van der Waals surface area contributed by atoms with E-state index in [1.165, 1.54) is 0 Å². The van der Waals surface area contributed by atoms with Crippen LogP contribution in [0.2, 0.25) is 0 Å². The van der Waals surface area contributed by atoms with E-state index in [-0.39, 0.29) is 5.56 Å². The number of rotatable bonds is 0. The van der Waals surface area contributed by atoms with Gasteiger partial charge >= 0.3 is 0 Å². The van der Waals surface area contributed by atoms with Crippen LogP contribution < -0.4 is 5.56 Å². The number of pyridine rings is 1. The molecule has 0 aromatic carbocycles. The molecule has 0 radical (unpaired) electrons. The average Bonchev–Trinajstić information content (AvgIpc) is 2.04. The molecule has 2 heteroatoms. The lowest BCUT2D eigenvalue weighted by molar-refractivity contribution is 0.714. The zero-order valence-electron chi connectivity index (χ0n) is 7.00. The lowest BCUT2D eigenvalue weighted by Gasteiger charge is -2.13. The molecule has 1 heterocycles. The first-order valence-corrected chi connectivity index (χ1v) is 4.16. The molecule has 0 aliphatic heterocycles. The summed E-state index contributed by atoms with van der Waals surface area (Å²) in [7, 11) is 0. The minimum absolute atomic E-state index is 0.0238. The first-order valence-electron chi connectivity index (χ1n) is 4.16. The first-order chi connectivity index (χ1) is 5.77. The van der Waals surface area contributed by atoms with Crippen molar-refractivity contribution in [1.29, 1.82) is 0 Å². The molecule has 2 nitrogen and oxygen atoms in total. The lowest BCUT2D eigenvalue weighted by atomic mass is 9.92. The van der Waals surface area contributed by atoms with Crippen molar-refractivity contribution < 1.29 is 0 Å². The van der Waals surface area contributed by atoms with Crippen molar-refractivity contribution >= 4 is 6.08 Å². The number of aromatic amines is 1. The summed E-state index contributed by atoms with van der Waals surface area (Å²) >= 11 is 0. The van der Waals surface area contributed by atoms with Gasteiger partial charge in [-0.3, -0.25) is 4.79 Å². The van der Waals surface area contributed by atoms with Crippen molar-refractivity contribution in [2.24, 2.45) is 5.92 Å². The standard InChI is InChI=1S/C10H11NO/c1-7-2-3-9-8(6-7)4-5-11-10(9)12/h2-5,7H,6H2,1H3,(H,11,12). The van der Waals surface area contributed by atoms with Gasteiger partial charge in [-0.15, -0.1) is 0 Å². The summed E-state index contributed by atoms with van der Waals surface area (Å²) in [6.45, 7) is 2.15. The van der Waals surface area contributed by atoms with E-state index in [1.54, 1.807) is 6.20 Å². The summed E-state index contributed by atoms with van der Waals surface area (Å²) < 4.78 is 0. The van der Waals surface area contributed by atoms with Crippen molar-refractivity contribution in [2.75, 3.05) is 0 Å². The van der Waals surface area contributed by atoms with Crippen LogP contribution in [0.3, 0.4) is 0 Å². The molecule has 0 fully saturated rings. The summed E-state index contributed by atoms with van der Waals surface area (Å²) in [5.41, 5.74) is 2.01. The van der Waals surface area contributed by atoms with Crippen LogP contribution in [0.5, 0.6) is 0 Å². The van der Waals surface area contributed by atoms with Crippen LogP contribution in [0, 0.1) is 5.92 Å². The van der Waals surface area contributed by atoms with Gasteiger partial charge in [0.1, 0.15) is 0 Å². The SMILES string of the molecule is CC1C=Cc2c(cc[nH]c2=O)C1. The summed E-state index contributed by atoms with van der Waals surface area (Å²) in [6.07, 6.45) is 6.70. The molecule has 1 atom stereocenters. The Balaban J connectivity index is 2.60. The highest BCUT2D eigenvalue weighted by atomic mass is 16.1. The van der Waals surface area contributed by atoms with Crippen molar-refractivity contribution in [1.82, 2.24) is 4.98 Å². The van der Waals surface area contributed by atoms with Crippen molar-refractivity contribution in [3.8, 4) is 0 Å². The molecular formula is C10H11NO. The van der Waals surface area contributed by atoms with Crippen LogP contribution in [-0.2, 0) is 6.42 Å². The summed E-state index contributed by atoms with van der Waals surface area (Å²) in [6, 6.07) is 1.98. The minimum atomic E-state index is 0.0238. The van der Waals surface area contributed by atoms with E-state index >= 15 is 0 Å². The zero-order chi connectivity index (χ0) is 8.55. The Labute approximate surface area is 70.9 Å².